The summed E-state index contributed by atoms with van der Waals surface area (Å²) in [6.45, 7) is 13.2. The molecule has 0 unspecified atom stereocenters. The number of amides is 1. The van der Waals surface area contributed by atoms with E-state index < -0.39 is 17.8 Å². The Morgan fingerprint density at radius 2 is 2.00 bits per heavy atom. The Balaban J connectivity index is 1.97. The number of aliphatic hydroxyl groups excluding tert-OH is 1. The van der Waals surface area contributed by atoms with Crippen molar-refractivity contribution in [2.75, 3.05) is 34.5 Å². The van der Waals surface area contributed by atoms with Crippen molar-refractivity contribution in [2.45, 2.75) is 89.7 Å². The Labute approximate surface area is 193 Å². The van der Waals surface area contributed by atoms with Crippen LogP contribution in [0.3, 0.4) is 0 Å². The highest BCUT2D eigenvalue weighted by atomic mass is 16.7. The smallest absolute Gasteiger partial charge is 0.254 e. The lowest BCUT2D eigenvalue weighted by Gasteiger charge is -2.45. The van der Waals surface area contributed by atoms with Crippen molar-refractivity contribution in [3.8, 4) is 0 Å². The molecule has 7 atom stereocenters. The molecule has 186 valence electrons. The molecule has 8 nitrogen and oxygen atoms in total. The predicted octanol–water partition coefficient (Wildman–Crippen LogP) is 2.43. The van der Waals surface area contributed by atoms with Gasteiger partial charge in [0.2, 0.25) is 5.79 Å². The highest BCUT2D eigenvalue weighted by Gasteiger charge is 2.49. The van der Waals surface area contributed by atoms with Crippen LogP contribution in [0.25, 0.3) is 0 Å². The van der Waals surface area contributed by atoms with Crippen LogP contribution < -0.4 is 5.32 Å². The number of aliphatic hydroxyl groups is 1. The van der Waals surface area contributed by atoms with E-state index in [-0.39, 0.29) is 42.2 Å². The average Bonchev–Trinajstić information content (AvgIpc) is 2.76. The monoisotopic (exact) mass is 457 g/mol. The van der Waals surface area contributed by atoms with Gasteiger partial charge in [-0.15, -0.1) is 0 Å². The SMILES string of the molecule is C=C1C[C@](OC)([C@H](O)C(=O)NC[C@@H]2CCC(C)(C)[C@@H](C[C@@H](COC)OC)O2)O[C@H](C)[C@@H]1C. The van der Waals surface area contributed by atoms with Crippen LogP contribution in [0, 0.1) is 11.3 Å². The molecular weight excluding hydrogens is 414 g/mol. The zero-order valence-corrected chi connectivity index (χ0v) is 20.8. The standard InChI is InChI=1S/C24H43NO7/c1-15-12-24(30-8,32-17(3)16(15)2)21(26)22(27)25-13-18-9-10-23(4,5)20(31-18)11-19(29-7)14-28-6/h16-21,26H,1,9-14H2,2-8H3,(H,25,27)/t16-,17-,18+,19+,20-,21-,24-/m1/s1. The van der Waals surface area contributed by atoms with Crippen molar-refractivity contribution in [2.24, 2.45) is 11.3 Å². The fourth-order valence-electron chi connectivity index (χ4n) is 4.53. The molecule has 0 aliphatic carbocycles. The second-order valence-electron chi connectivity index (χ2n) is 9.93. The maximum atomic E-state index is 12.8. The van der Waals surface area contributed by atoms with E-state index in [0.29, 0.717) is 19.6 Å². The number of ether oxygens (including phenoxy) is 5. The van der Waals surface area contributed by atoms with E-state index in [2.05, 4.69) is 25.7 Å². The van der Waals surface area contributed by atoms with Crippen LogP contribution in [-0.4, -0.2) is 81.8 Å². The lowest BCUT2D eigenvalue weighted by Crippen LogP contribution is -2.59. The van der Waals surface area contributed by atoms with Gasteiger partial charge in [0.05, 0.1) is 31.0 Å². The summed E-state index contributed by atoms with van der Waals surface area (Å²) in [5, 5.41) is 13.6. The van der Waals surface area contributed by atoms with Crippen LogP contribution in [0.4, 0.5) is 0 Å². The van der Waals surface area contributed by atoms with Crippen molar-refractivity contribution in [1.82, 2.24) is 5.32 Å². The van der Waals surface area contributed by atoms with E-state index in [0.717, 1.165) is 18.4 Å². The first-order chi connectivity index (χ1) is 15.0. The Morgan fingerprint density at radius 1 is 1.31 bits per heavy atom. The largest absolute Gasteiger partial charge is 0.382 e. The minimum Gasteiger partial charge on any atom is -0.382 e. The van der Waals surface area contributed by atoms with E-state index >= 15 is 0 Å². The molecule has 1 amide bonds. The van der Waals surface area contributed by atoms with Crippen molar-refractivity contribution in [1.29, 1.82) is 0 Å². The van der Waals surface area contributed by atoms with Gasteiger partial charge in [0.15, 0.2) is 6.10 Å². The molecule has 0 saturated carbocycles. The maximum absolute atomic E-state index is 12.8. The molecule has 2 aliphatic heterocycles. The Bertz CT molecular complexity index is 640. The van der Waals surface area contributed by atoms with E-state index in [9.17, 15) is 9.90 Å². The first kappa shape index (κ1) is 27.2. The van der Waals surface area contributed by atoms with Gasteiger partial charge in [-0.1, -0.05) is 32.9 Å². The highest BCUT2D eigenvalue weighted by molar-refractivity contribution is 5.81. The fraction of sp³-hybridized carbons (Fsp3) is 0.875. The number of methoxy groups -OCH3 is 3. The lowest BCUT2D eigenvalue weighted by molar-refractivity contribution is -0.297. The summed E-state index contributed by atoms with van der Waals surface area (Å²) in [7, 11) is 4.77. The topological polar surface area (TPSA) is 95.5 Å². The predicted molar refractivity (Wildman–Crippen MR) is 121 cm³/mol. The molecule has 0 spiro atoms. The number of carbonyl (C=O) groups excluding carboxylic acids is 1. The third-order valence-electron chi connectivity index (χ3n) is 7.22. The molecule has 2 fully saturated rings. The Hall–Kier alpha value is -1.03. The van der Waals surface area contributed by atoms with Crippen LogP contribution in [0.15, 0.2) is 12.2 Å². The molecule has 0 bridgehead atoms. The number of rotatable bonds is 10. The molecule has 0 radical (unpaired) electrons. The molecular formula is C24H43NO7. The van der Waals surface area contributed by atoms with Crippen LogP contribution in [0.2, 0.25) is 0 Å². The highest BCUT2D eigenvalue weighted by Crippen LogP contribution is 2.39. The van der Waals surface area contributed by atoms with Gasteiger partial charge in [0.25, 0.3) is 5.91 Å². The Kier molecular flexibility index (Phi) is 9.70. The van der Waals surface area contributed by atoms with E-state index in [1.54, 1.807) is 14.2 Å². The molecule has 0 aromatic heterocycles. The molecule has 2 rings (SSSR count). The molecule has 2 aliphatic rings. The van der Waals surface area contributed by atoms with Gasteiger partial charge in [0, 0.05) is 46.6 Å². The summed E-state index contributed by atoms with van der Waals surface area (Å²) in [6, 6.07) is 0. The van der Waals surface area contributed by atoms with Gasteiger partial charge in [-0.3, -0.25) is 4.79 Å². The van der Waals surface area contributed by atoms with Gasteiger partial charge in [-0.25, -0.2) is 0 Å². The lowest BCUT2D eigenvalue weighted by atomic mass is 9.76. The zero-order valence-electron chi connectivity index (χ0n) is 20.8. The maximum Gasteiger partial charge on any atom is 0.254 e. The normalized spacial score (nSPS) is 34.7. The zero-order chi connectivity index (χ0) is 24.1. The summed E-state index contributed by atoms with van der Waals surface area (Å²) in [6.07, 6.45) is 0.829. The van der Waals surface area contributed by atoms with Gasteiger partial charge < -0.3 is 34.1 Å². The summed E-state index contributed by atoms with van der Waals surface area (Å²) < 4.78 is 28.6. The summed E-state index contributed by atoms with van der Waals surface area (Å²) in [4.78, 5) is 12.8. The van der Waals surface area contributed by atoms with Gasteiger partial charge >= 0.3 is 0 Å². The van der Waals surface area contributed by atoms with Crippen LogP contribution in [-0.2, 0) is 28.5 Å². The molecule has 0 aromatic carbocycles. The van der Waals surface area contributed by atoms with Gasteiger partial charge in [-0.2, -0.15) is 0 Å². The Morgan fingerprint density at radius 3 is 2.56 bits per heavy atom. The summed E-state index contributed by atoms with van der Waals surface area (Å²) >= 11 is 0. The number of nitrogens with one attached hydrogen (secondary N) is 1. The molecule has 8 heteroatoms. The van der Waals surface area contributed by atoms with E-state index in [1.165, 1.54) is 7.11 Å². The fourth-order valence-corrected chi connectivity index (χ4v) is 4.53. The molecule has 0 aromatic rings. The van der Waals surface area contributed by atoms with Crippen molar-refractivity contribution >= 4 is 5.91 Å². The van der Waals surface area contributed by atoms with E-state index in [4.69, 9.17) is 23.7 Å². The summed E-state index contributed by atoms with van der Waals surface area (Å²) in [5.41, 5.74) is 0.884. The molecule has 2 N–H and O–H groups in total. The van der Waals surface area contributed by atoms with Crippen LogP contribution in [0.5, 0.6) is 0 Å². The van der Waals surface area contributed by atoms with Crippen molar-refractivity contribution in [3.05, 3.63) is 12.2 Å². The van der Waals surface area contributed by atoms with Crippen LogP contribution in [0.1, 0.15) is 53.4 Å². The second-order valence-corrected chi connectivity index (χ2v) is 9.93. The van der Waals surface area contributed by atoms with Crippen LogP contribution >= 0.6 is 0 Å². The molecule has 32 heavy (non-hydrogen) atoms. The number of hydrogen-bond donors (Lipinski definition) is 2. The minimum atomic E-state index is -1.48. The van der Waals surface area contributed by atoms with Crippen molar-refractivity contribution < 1.29 is 33.6 Å². The third-order valence-corrected chi connectivity index (χ3v) is 7.22. The quantitative estimate of drug-likeness (QED) is 0.487. The molecule has 2 heterocycles. The number of carbonyl (C=O) groups is 1. The second kappa shape index (κ2) is 11.4. The molecule has 2 saturated heterocycles. The van der Waals surface area contributed by atoms with Gasteiger partial charge in [0.1, 0.15) is 0 Å². The first-order valence-corrected chi connectivity index (χ1v) is 11.5. The van der Waals surface area contributed by atoms with E-state index in [1.807, 2.05) is 13.8 Å². The third kappa shape index (κ3) is 6.30. The number of hydrogen-bond acceptors (Lipinski definition) is 7. The minimum absolute atomic E-state index is 0.00617. The van der Waals surface area contributed by atoms with Gasteiger partial charge in [-0.05, 0) is 25.2 Å². The first-order valence-electron chi connectivity index (χ1n) is 11.5. The average molecular weight is 458 g/mol. The van der Waals surface area contributed by atoms with Crippen molar-refractivity contribution in [3.63, 3.8) is 0 Å². The summed E-state index contributed by atoms with van der Waals surface area (Å²) in [5.74, 6) is -1.85.